The van der Waals surface area contributed by atoms with Gasteiger partial charge < -0.3 is 29.6 Å². The molecule has 1 heterocycles. The molecule has 2 aromatic rings. The largest absolute Gasteiger partial charge is 0.497 e. The Kier molecular flexibility index (Phi) is 6.21. The Bertz CT molecular complexity index is 846. The molecule has 0 bridgehead atoms. The first-order valence-electron chi connectivity index (χ1n) is 8.75. The molecule has 0 fully saturated rings. The van der Waals surface area contributed by atoms with Gasteiger partial charge in [0.25, 0.3) is 5.91 Å². The van der Waals surface area contributed by atoms with Crippen molar-refractivity contribution in [2.24, 2.45) is 0 Å². The zero-order chi connectivity index (χ0) is 19.9. The maximum atomic E-state index is 12.3. The first-order chi connectivity index (χ1) is 13.6. The van der Waals surface area contributed by atoms with Gasteiger partial charge in [-0.2, -0.15) is 0 Å². The number of rotatable bonds is 8. The fraction of sp³-hybridized carbons (Fsp3) is 0.300. The van der Waals surface area contributed by atoms with Gasteiger partial charge in [0.05, 0.1) is 20.8 Å². The average Bonchev–Trinajstić information content (AvgIpc) is 3.19. The molecule has 2 amide bonds. The molecular formula is C20H22N2O6. The fourth-order valence-electron chi connectivity index (χ4n) is 2.71. The maximum Gasteiger partial charge on any atom is 0.251 e. The summed E-state index contributed by atoms with van der Waals surface area (Å²) < 4.78 is 20.9. The van der Waals surface area contributed by atoms with Crippen molar-refractivity contribution in [2.75, 3.05) is 34.1 Å². The molecule has 2 N–H and O–H groups in total. The molecule has 28 heavy (non-hydrogen) atoms. The first-order valence-corrected chi connectivity index (χ1v) is 8.75. The van der Waals surface area contributed by atoms with E-state index < -0.39 is 0 Å². The van der Waals surface area contributed by atoms with Crippen LogP contribution in [-0.4, -0.2) is 45.9 Å². The van der Waals surface area contributed by atoms with E-state index in [9.17, 15) is 9.59 Å². The van der Waals surface area contributed by atoms with Crippen molar-refractivity contribution in [1.82, 2.24) is 10.6 Å². The molecule has 0 saturated heterocycles. The molecule has 1 aliphatic heterocycles. The second kappa shape index (κ2) is 8.98. The SMILES string of the molecule is COc1cc(OC)cc(C(=O)NCC(=O)NCCc2ccc3c(c2)OCO3)c1. The highest BCUT2D eigenvalue weighted by molar-refractivity contribution is 5.97. The monoisotopic (exact) mass is 386 g/mol. The lowest BCUT2D eigenvalue weighted by molar-refractivity contribution is -0.120. The van der Waals surface area contributed by atoms with E-state index in [1.165, 1.54) is 14.2 Å². The van der Waals surface area contributed by atoms with Crippen LogP contribution in [0.4, 0.5) is 0 Å². The molecule has 0 aliphatic carbocycles. The van der Waals surface area contributed by atoms with Crippen LogP contribution in [0.25, 0.3) is 0 Å². The van der Waals surface area contributed by atoms with Crippen molar-refractivity contribution < 1.29 is 28.5 Å². The molecule has 2 aromatic carbocycles. The van der Waals surface area contributed by atoms with Crippen molar-refractivity contribution in [3.63, 3.8) is 0 Å². The number of nitrogens with one attached hydrogen (secondary N) is 2. The van der Waals surface area contributed by atoms with Gasteiger partial charge in [0.15, 0.2) is 11.5 Å². The minimum absolute atomic E-state index is 0.125. The van der Waals surface area contributed by atoms with Crippen LogP contribution in [0.1, 0.15) is 15.9 Å². The van der Waals surface area contributed by atoms with Gasteiger partial charge in [-0.3, -0.25) is 9.59 Å². The minimum Gasteiger partial charge on any atom is -0.497 e. The zero-order valence-electron chi connectivity index (χ0n) is 15.7. The number of ether oxygens (including phenoxy) is 4. The van der Waals surface area contributed by atoms with E-state index in [2.05, 4.69) is 10.6 Å². The molecule has 0 radical (unpaired) electrons. The number of methoxy groups -OCH3 is 2. The highest BCUT2D eigenvalue weighted by Gasteiger charge is 2.14. The number of carbonyl (C=O) groups excluding carboxylic acids is 2. The Morgan fingerprint density at radius 2 is 1.68 bits per heavy atom. The number of amides is 2. The molecule has 0 aromatic heterocycles. The van der Waals surface area contributed by atoms with Gasteiger partial charge in [-0.25, -0.2) is 0 Å². The Morgan fingerprint density at radius 1 is 0.964 bits per heavy atom. The van der Waals surface area contributed by atoms with Crippen LogP contribution in [0.15, 0.2) is 36.4 Å². The standard InChI is InChI=1S/C20H22N2O6/c1-25-15-8-14(9-16(10-15)26-2)20(24)22-11-19(23)21-6-5-13-3-4-17-18(7-13)28-12-27-17/h3-4,7-10H,5-6,11-12H2,1-2H3,(H,21,23)(H,22,24). The Morgan fingerprint density at radius 3 is 2.39 bits per heavy atom. The molecular weight excluding hydrogens is 364 g/mol. The summed E-state index contributed by atoms with van der Waals surface area (Å²) in [4.78, 5) is 24.2. The van der Waals surface area contributed by atoms with E-state index in [1.807, 2.05) is 18.2 Å². The van der Waals surface area contributed by atoms with Gasteiger partial charge in [0.1, 0.15) is 11.5 Å². The van der Waals surface area contributed by atoms with Crippen molar-refractivity contribution in [3.05, 3.63) is 47.5 Å². The van der Waals surface area contributed by atoms with Crippen LogP contribution in [0.2, 0.25) is 0 Å². The summed E-state index contributed by atoms with van der Waals surface area (Å²) in [5.74, 6) is 1.77. The Labute approximate surface area is 162 Å². The molecule has 0 unspecified atom stereocenters. The smallest absolute Gasteiger partial charge is 0.251 e. The van der Waals surface area contributed by atoms with Gasteiger partial charge >= 0.3 is 0 Å². The van der Waals surface area contributed by atoms with E-state index in [0.29, 0.717) is 35.8 Å². The van der Waals surface area contributed by atoms with Gasteiger partial charge in [-0.15, -0.1) is 0 Å². The van der Waals surface area contributed by atoms with E-state index >= 15 is 0 Å². The summed E-state index contributed by atoms with van der Waals surface area (Å²) >= 11 is 0. The highest BCUT2D eigenvalue weighted by Crippen LogP contribution is 2.32. The third-order valence-corrected chi connectivity index (χ3v) is 4.20. The lowest BCUT2D eigenvalue weighted by atomic mass is 10.1. The number of fused-ring (bicyclic) bond motifs is 1. The van der Waals surface area contributed by atoms with Crippen LogP contribution >= 0.6 is 0 Å². The topological polar surface area (TPSA) is 95.1 Å². The molecule has 3 rings (SSSR count). The van der Waals surface area contributed by atoms with E-state index in [-0.39, 0.29) is 25.2 Å². The normalized spacial score (nSPS) is 11.6. The quantitative estimate of drug-likeness (QED) is 0.714. The second-order valence-electron chi connectivity index (χ2n) is 6.07. The number of carbonyl (C=O) groups is 2. The number of hydrogen-bond donors (Lipinski definition) is 2. The van der Waals surface area contributed by atoms with Crippen LogP contribution in [-0.2, 0) is 11.2 Å². The first kappa shape index (κ1) is 19.3. The lowest BCUT2D eigenvalue weighted by Gasteiger charge is -2.10. The summed E-state index contributed by atoms with van der Waals surface area (Å²) in [6.07, 6.45) is 0.642. The summed E-state index contributed by atoms with van der Waals surface area (Å²) in [5, 5.41) is 5.36. The lowest BCUT2D eigenvalue weighted by Crippen LogP contribution is -2.37. The van der Waals surface area contributed by atoms with E-state index in [0.717, 1.165) is 11.3 Å². The predicted octanol–water partition coefficient (Wildman–Crippen LogP) is 1.52. The Hall–Kier alpha value is -3.42. The fourth-order valence-corrected chi connectivity index (χ4v) is 2.71. The third kappa shape index (κ3) is 4.85. The van der Waals surface area contributed by atoms with Crippen LogP contribution < -0.4 is 29.6 Å². The highest BCUT2D eigenvalue weighted by atomic mass is 16.7. The van der Waals surface area contributed by atoms with Crippen LogP contribution in [0.5, 0.6) is 23.0 Å². The molecule has 0 atom stereocenters. The number of benzene rings is 2. The van der Waals surface area contributed by atoms with Crippen molar-refractivity contribution in [3.8, 4) is 23.0 Å². The van der Waals surface area contributed by atoms with E-state index in [4.69, 9.17) is 18.9 Å². The summed E-state index contributed by atoms with van der Waals surface area (Å²) in [5.41, 5.74) is 1.38. The molecule has 148 valence electrons. The summed E-state index contributed by atoms with van der Waals surface area (Å²) in [6, 6.07) is 10.5. The van der Waals surface area contributed by atoms with Crippen molar-refractivity contribution in [2.45, 2.75) is 6.42 Å². The van der Waals surface area contributed by atoms with Gasteiger partial charge in [0.2, 0.25) is 12.7 Å². The summed E-state index contributed by atoms with van der Waals surface area (Å²) in [6.45, 7) is 0.551. The number of hydrogen-bond acceptors (Lipinski definition) is 6. The van der Waals surface area contributed by atoms with Crippen LogP contribution in [0, 0.1) is 0 Å². The minimum atomic E-state index is -0.386. The molecule has 8 nitrogen and oxygen atoms in total. The Balaban J connectivity index is 1.44. The molecule has 1 aliphatic rings. The average molecular weight is 386 g/mol. The van der Waals surface area contributed by atoms with Gasteiger partial charge in [0, 0.05) is 18.2 Å². The maximum absolute atomic E-state index is 12.3. The van der Waals surface area contributed by atoms with Crippen LogP contribution in [0.3, 0.4) is 0 Å². The molecule has 8 heteroatoms. The summed E-state index contributed by atoms with van der Waals surface area (Å²) in [7, 11) is 3.01. The third-order valence-electron chi connectivity index (χ3n) is 4.20. The van der Waals surface area contributed by atoms with Gasteiger partial charge in [-0.1, -0.05) is 6.07 Å². The predicted molar refractivity (Wildman–Crippen MR) is 101 cm³/mol. The van der Waals surface area contributed by atoms with Gasteiger partial charge in [-0.05, 0) is 36.2 Å². The molecule has 0 spiro atoms. The van der Waals surface area contributed by atoms with Crippen molar-refractivity contribution >= 4 is 11.8 Å². The molecule has 0 saturated carbocycles. The van der Waals surface area contributed by atoms with E-state index in [1.54, 1.807) is 18.2 Å². The zero-order valence-corrected chi connectivity index (χ0v) is 15.7. The van der Waals surface area contributed by atoms with Crippen molar-refractivity contribution in [1.29, 1.82) is 0 Å². The second-order valence-corrected chi connectivity index (χ2v) is 6.07.